The molecule has 0 aliphatic carbocycles. The van der Waals surface area contributed by atoms with Crippen molar-refractivity contribution in [3.63, 3.8) is 0 Å². The van der Waals surface area contributed by atoms with Crippen LogP contribution in [0.2, 0.25) is 0 Å². The van der Waals surface area contributed by atoms with Crippen molar-refractivity contribution >= 4 is 11.6 Å². The molecule has 0 saturated heterocycles. The van der Waals surface area contributed by atoms with Crippen LogP contribution in [-0.2, 0) is 0 Å². The molecule has 0 saturated carbocycles. The number of pyridine rings is 1. The van der Waals surface area contributed by atoms with Gasteiger partial charge in [0, 0.05) is 13.2 Å². The molecule has 0 fully saturated rings. The number of phenolic OH excluding ortho intramolecular Hbond substituents is 1. The largest absolute Gasteiger partial charge is 0.507 e. The number of carbonyl (C=O) groups is 1. The van der Waals surface area contributed by atoms with Gasteiger partial charge in [0.1, 0.15) is 5.75 Å². The number of para-hydroxylation sites is 1. The minimum absolute atomic E-state index is 0.0261. The first-order chi connectivity index (χ1) is 8.61. The molecule has 4 heteroatoms. The first-order valence-corrected chi connectivity index (χ1v) is 5.58. The minimum Gasteiger partial charge on any atom is -0.507 e. The minimum atomic E-state index is -0.260. The molecular formula is C14H14N2O2. The summed E-state index contributed by atoms with van der Waals surface area (Å²) < 4.78 is 0. The van der Waals surface area contributed by atoms with Crippen molar-refractivity contribution in [1.82, 2.24) is 4.98 Å². The number of anilines is 1. The van der Waals surface area contributed by atoms with Crippen LogP contribution in [0.1, 0.15) is 15.9 Å². The Morgan fingerprint density at radius 2 is 2.06 bits per heavy atom. The molecule has 1 heterocycles. The van der Waals surface area contributed by atoms with Crippen molar-refractivity contribution in [3.8, 4) is 5.75 Å². The zero-order valence-electron chi connectivity index (χ0n) is 10.3. The van der Waals surface area contributed by atoms with E-state index in [0.29, 0.717) is 16.8 Å². The molecular weight excluding hydrogens is 228 g/mol. The highest BCUT2D eigenvalue weighted by Crippen LogP contribution is 2.24. The van der Waals surface area contributed by atoms with Crippen LogP contribution in [0.4, 0.5) is 5.69 Å². The lowest BCUT2D eigenvalue weighted by Crippen LogP contribution is -2.26. The molecule has 2 rings (SSSR count). The monoisotopic (exact) mass is 242 g/mol. The van der Waals surface area contributed by atoms with Gasteiger partial charge in [0.15, 0.2) is 0 Å². The van der Waals surface area contributed by atoms with Gasteiger partial charge in [-0.25, -0.2) is 0 Å². The third-order valence-corrected chi connectivity index (χ3v) is 2.81. The first kappa shape index (κ1) is 12.1. The van der Waals surface area contributed by atoms with Gasteiger partial charge >= 0.3 is 0 Å². The third kappa shape index (κ3) is 2.18. The second-order valence-electron chi connectivity index (χ2n) is 4.05. The molecule has 92 valence electrons. The van der Waals surface area contributed by atoms with Gasteiger partial charge in [-0.15, -0.1) is 0 Å². The lowest BCUT2D eigenvalue weighted by Gasteiger charge is -2.17. The number of aromatic nitrogens is 1. The van der Waals surface area contributed by atoms with Gasteiger partial charge in [-0.1, -0.05) is 12.1 Å². The van der Waals surface area contributed by atoms with E-state index in [-0.39, 0.29) is 11.7 Å². The SMILES string of the molecule is Cc1cccc(C(=O)N(C)c2cccnc2)c1O. The number of hydrogen-bond donors (Lipinski definition) is 1. The van der Waals surface area contributed by atoms with Crippen LogP contribution >= 0.6 is 0 Å². The average Bonchev–Trinajstić information content (AvgIpc) is 2.41. The van der Waals surface area contributed by atoms with Crippen molar-refractivity contribution in [3.05, 3.63) is 53.9 Å². The van der Waals surface area contributed by atoms with Crippen LogP contribution in [0.15, 0.2) is 42.7 Å². The summed E-state index contributed by atoms with van der Waals surface area (Å²) in [5.74, 6) is -0.234. The Balaban J connectivity index is 2.35. The van der Waals surface area contributed by atoms with Crippen LogP contribution in [-0.4, -0.2) is 23.0 Å². The molecule has 0 aliphatic rings. The van der Waals surface area contributed by atoms with Crippen molar-refractivity contribution in [2.75, 3.05) is 11.9 Å². The number of hydrogen-bond acceptors (Lipinski definition) is 3. The summed E-state index contributed by atoms with van der Waals surface area (Å²) in [7, 11) is 1.65. The topological polar surface area (TPSA) is 53.4 Å². The molecule has 0 bridgehead atoms. The fourth-order valence-electron chi connectivity index (χ4n) is 1.68. The Bertz CT molecular complexity index is 567. The molecule has 1 aromatic carbocycles. The van der Waals surface area contributed by atoms with E-state index in [4.69, 9.17) is 0 Å². The van der Waals surface area contributed by atoms with Crippen LogP contribution in [0, 0.1) is 6.92 Å². The average molecular weight is 242 g/mol. The van der Waals surface area contributed by atoms with Gasteiger partial charge < -0.3 is 10.0 Å². The molecule has 0 spiro atoms. The van der Waals surface area contributed by atoms with Gasteiger partial charge in [-0.3, -0.25) is 9.78 Å². The van der Waals surface area contributed by atoms with E-state index in [1.807, 2.05) is 0 Å². The maximum Gasteiger partial charge on any atom is 0.261 e. The quantitative estimate of drug-likeness (QED) is 0.879. The van der Waals surface area contributed by atoms with E-state index in [0.717, 1.165) is 0 Å². The molecule has 1 aromatic heterocycles. The van der Waals surface area contributed by atoms with E-state index in [1.165, 1.54) is 4.90 Å². The fraction of sp³-hybridized carbons (Fsp3) is 0.143. The molecule has 0 radical (unpaired) electrons. The molecule has 1 amide bonds. The number of phenols is 1. The highest BCUT2D eigenvalue weighted by atomic mass is 16.3. The lowest BCUT2D eigenvalue weighted by atomic mass is 10.1. The van der Waals surface area contributed by atoms with Crippen molar-refractivity contribution in [2.45, 2.75) is 6.92 Å². The Hall–Kier alpha value is -2.36. The maximum absolute atomic E-state index is 12.3. The number of nitrogens with zero attached hydrogens (tertiary/aromatic N) is 2. The van der Waals surface area contributed by atoms with Crippen LogP contribution in [0.3, 0.4) is 0 Å². The van der Waals surface area contributed by atoms with E-state index in [1.54, 1.807) is 56.7 Å². The Labute approximate surface area is 106 Å². The molecule has 0 unspecified atom stereocenters. The Kier molecular flexibility index (Phi) is 3.28. The molecule has 1 N–H and O–H groups in total. The van der Waals surface area contributed by atoms with Crippen LogP contribution < -0.4 is 4.90 Å². The number of rotatable bonds is 2. The third-order valence-electron chi connectivity index (χ3n) is 2.81. The summed E-state index contributed by atoms with van der Waals surface area (Å²) in [6.45, 7) is 1.76. The smallest absolute Gasteiger partial charge is 0.261 e. The summed E-state index contributed by atoms with van der Waals surface area (Å²) in [5.41, 5.74) is 1.66. The molecule has 18 heavy (non-hydrogen) atoms. The number of amides is 1. The van der Waals surface area contributed by atoms with Crippen LogP contribution in [0.5, 0.6) is 5.75 Å². The number of aromatic hydroxyl groups is 1. The molecule has 0 aliphatic heterocycles. The van der Waals surface area contributed by atoms with Crippen molar-refractivity contribution in [1.29, 1.82) is 0 Å². The van der Waals surface area contributed by atoms with E-state index in [9.17, 15) is 9.90 Å². The zero-order chi connectivity index (χ0) is 13.1. The molecule has 4 nitrogen and oxygen atoms in total. The normalized spacial score (nSPS) is 10.1. The number of benzene rings is 1. The second kappa shape index (κ2) is 4.87. The van der Waals surface area contributed by atoms with Gasteiger partial charge in [-0.05, 0) is 30.7 Å². The van der Waals surface area contributed by atoms with Crippen LogP contribution in [0.25, 0.3) is 0 Å². The van der Waals surface area contributed by atoms with Gasteiger partial charge in [0.2, 0.25) is 0 Å². The Morgan fingerprint density at radius 1 is 1.28 bits per heavy atom. The highest BCUT2D eigenvalue weighted by Gasteiger charge is 2.17. The van der Waals surface area contributed by atoms with Gasteiger partial charge in [0.25, 0.3) is 5.91 Å². The van der Waals surface area contributed by atoms with E-state index < -0.39 is 0 Å². The summed E-state index contributed by atoms with van der Waals surface area (Å²) >= 11 is 0. The predicted octanol–water partition coefficient (Wildman–Crippen LogP) is 2.37. The van der Waals surface area contributed by atoms with E-state index in [2.05, 4.69) is 4.98 Å². The fourth-order valence-corrected chi connectivity index (χ4v) is 1.68. The van der Waals surface area contributed by atoms with Crippen molar-refractivity contribution in [2.24, 2.45) is 0 Å². The standard InChI is InChI=1S/C14H14N2O2/c1-10-5-3-7-12(13(10)17)14(18)16(2)11-6-4-8-15-9-11/h3-9,17H,1-2H3. The predicted molar refractivity (Wildman–Crippen MR) is 69.8 cm³/mol. The summed E-state index contributed by atoms with van der Waals surface area (Å²) in [6.07, 6.45) is 3.25. The number of carbonyl (C=O) groups excluding carboxylic acids is 1. The summed E-state index contributed by atoms with van der Waals surface area (Å²) in [6, 6.07) is 8.67. The second-order valence-corrected chi connectivity index (χ2v) is 4.05. The van der Waals surface area contributed by atoms with E-state index >= 15 is 0 Å². The van der Waals surface area contributed by atoms with Gasteiger partial charge in [0.05, 0.1) is 17.4 Å². The molecule has 2 aromatic rings. The lowest BCUT2D eigenvalue weighted by molar-refractivity contribution is 0.0990. The highest BCUT2D eigenvalue weighted by molar-refractivity contribution is 6.07. The zero-order valence-corrected chi connectivity index (χ0v) is 10.3. The molecule has 0 atom stereocenters. The van der Waals surface area contributed by atoms with Gasteiger partial charge in [-0.2, -0.15) is 0 Å². The summed E-state index contributed by atoms with van der Waals surface area (Å²) in [5, 5.41) is 9.90. The maximum atomic E-state index is 12.3. The first-order valence-electron chi connectivity index (χ1n) is 5.58. The Morgan fingerprint density at radius 3 is 2.72 bits per heavy atom. The van der Waals surface area contributed by atoms with Crippen molar-refractivity contribution < 1.29 is 9.90 Å². The summed E-state index contributed by atoms with van der Waals surface area (Å²) in [4.78, 5) is 17.7. The number of aryl methyl sites for hydroxylation is 1.